The molecule has 0 saturated carbocycles. The van der Waals surface area contributed by atoms with E-state index in [9.17, 15) is 0 Å². The number of nitrogens with zero attached hydrogens (tertiary/aromatic N) is 4. The molecule has 0 amide bonds. The molecular formula is C94H66N4O2. The SMILES string of the molecule is Cc1cccc(N(c2ccccc2C)c2cc3oc4cc(N(c5cccc(C)c5)c5cc(-c6ccc7c8cccc9c%10c(cc(c89)n(-c8ccccc8C)c7c6)oc6cc7c8c(cccc8c6%10)c6ccccc6n7-c6ccccc6C)ccc5C)c5ccccc5c4c3c3ccccc23)c1. The van der Waals surface area contributed by atoms with Crippen LogP contribution in [-0.4, -0.2) is 9.13 Å². The summed E-state index contributed by atoms with van der Waals surface area (Å²) in [4.78, 5) is 4.87. The second-order valence-corrected chi connectivity index (χ2v) is 27.5. The molecule has 0 fully saturated rings. The van der Waals surface area contributed by atoms with Gasteiger partial charge in [-0.15, -0.1) is 0 Å². The maximum absolute atomic E-state index is 7.39. The number of hydrogen-bond donors (Lipinski definition) is 0. The third-order valence-corrected chi connectivity index (χ3v) is 21.4. The van der Waals surface area contributed by atoms with Gasteiger partial charge in [0.2, 0.25) is 0 Å². The minimum Gasteiger partial charge on any atom is -0.456 e. The van der Waals surface area contributed by atoms with Crippen LogP contribution in [-0.2, 0) is 0 Å². The highest BCUT2D eigenvalue weighted by Crippen LogP contribution is 2.53. The summed E-state index contributed by atoms with van der Waals surface area (Å²) in [6.45, 7) is 13.2. The summed E-state index contributed by atoms with van der Waals surface area (Å²) >= 11 is 0. The number of aromatic nitrogens is 2. The fraction of sp³-hybridized carbons (Fsp3) is 0.0638. The van der Waals surface area contributed by atoms with E-state index in [0.717, 1.165) is 150 Å². The topological polar surface area (TPSA) is 42.6 Å². The smallest absolute Gasteiger partial charge is 0.138 e. The van der Waals surface area contributed by atoms with Crippen molar-refractivity contribution in [2.75, 3.05) is 9.80 Å². The van der Waals surface area contributed by atoms with E-state index in [2.05, 4.69) is 352 Å². The van der Waals surface area contributed by atoms with Crippen LogP contribution in [0.25, 0.3) is 153 Å². The van der Waals surface area contributed by atoms with E-state index in [0.29, 0.717) is 0 Å². The Morgan fingerprint density at radius 2 is 0.620 bits per heavy atom. The van der Waals surface area contributed by atoms with E-state index in [-0.39, 0.29) is 0 Å². The van der Waals surface area contributed by atoms with E-state index < -0.39 is 0 Å². The number of anilines is 6. The van der Waals surface area contributed by atoms with Crippen LogP contribution in [0, 0.1) is 41.5 Å². The first-order valence-electron chi connectivity index (χ1n) is 34.6. The molecule has 16 aromatic carbocycles. The summed E-state index contributed by atoms with van der Waals surface area (Å²) in [6, 6.07) is 107. The molecule has 0 N–H and O–H groups in total. The Labute approximate surface area is 577 Å². The Morgan fingerprint density at radius 1 is 0.230 bits per heavy atom. The fourth-order valence-corrected chi connectivity index (χ4v) is 16.9. The van der Waals surface area contributed by atoms with Crippen molar-refractivity contribution in [1.82, 2.24) is 9.13 Å². The van der Waals surface area contributed by atoms with Crippen LogP contribution in [0.1, 0.15) is 33.4 Å². The van der Waals surface area contributed by atoms with E-state index in [1.807, 2.05) is 0 Å². The fourth-order valence-electron chi connectivity index (χ4n) is 16.9. The van der Waals surface area contributed by atoms with Crippen LogP contribution in [0.4, 0.5) is 34.1 Å². The number of rotatable bonds is 9. The Kier molecular flexibility index (Phi) is 12.6. The summed E-state index contributed by atoms with van der Waals surface area (Å²) in [5.74, 6) is 0. The van der Waals surface area contributed by atoms with Gasteiger partial charge in [-0.3, -0.25) is 0 Å². The zero-order valence-corrected chi connectivity index (χ0v) is 56.3. The average molecular weight is 1280 g/mol. The normalized spacial score (nSPS) is 12.1. The van der Waals surface area contributed by atoms with Crippen molar-refractivity contribution in [1.29, 1.82) is 0 Å². The van der Waals surface area contributed by atoms with Gasteiger partial charge in [0, 0.05) is 112 Å². The summed E-state index contributed by atoms with van der Waals surface area (Å²) < 4.78 is 19.7. The summed E-state index contributed by atoms with van der Waals surface area (Å²) in [5.41, 5.74) is 25.8. The van der Waals surface area contributed by atoms with E-state index in [4.69, 9.17) is 8.83 Å². The molecule has 20 rings (SSSR count). The number of fused-ring (bicyclic) bond motifs is 16. The van der Waals surface area contributed by atoms with Gasteiger partial charge in [0.25, 0.3) is 0 Å². The molecule has 0 unspecified atom stereocenters. The molecule has 4 aromatic heterocycles. The first-order valence-corrected chi connectivity index (χ1v) is 34.6. The van der Waals surface area contributed by atoms with Crippen LogP contribution in [0.3, 0.4) is 0 Å². The molecule has 0 aliphatic carbocycles. The van der Waals surface area contributed by atoms with Crippen LogP contribution >= 0.6 is 0 Å². The van der Waals surface area contributed by atoms with Crippen molar-refractivity contribution in [2.45, 2.75) is 41.5 Å². The van der Waals surface area contributed by atoms with Crippen molar-refractivity contribution in [2.24, 2.45) is 0 Å². The predicted octanol–water partition coefficient (Wildman–Crippen LogP) is 26.7. The van der Waals surface area contributed by atoms with Gasteiger partial charge in [-0.1, -0.05) is 206 Å². The number of para-hydroxylation sites is 4. The molecule has 474 valence electrons. The van der Waals surface area contributed by atoms with Gasteiger partial charge in [-0.2, -0.15) is 0 Å². The highest BCUT2D eigenvalue weighted by atomic mass is 16.3. The number of hydrogen-bond acceptors (Lipinski definition) is 4. The standard InChI is InChI=1S/C94H66N4O2/c1-55-23-19-28-63(47-55)95(75-39-15-7-25-57(75)3)81-51-85-91(71-33-12-10-31-66(71)81)92-72-34-13-11-32-67(72)82(52-86(92)99-85)96(64-29-20-24-56(2)48-64)79-49-61(44-43-60(79)6)62-45-46-68-70-36-22-38-74-90(70)84(98(80(68)50-62)77-41-17-9-27-59(77)5)54-88-94(74)93-73-37-21-35-69-65-30-14-18-42-78(65)97(76-40-16-8-26-58(76)4)83(89(69)73)53-87(93)100-88/h7-54H,1-6H3. The molecule has 0 aliphatic heterocycles. The maximum Gasteiger partial charge on any atom is 0.138 e. The second kappa shape index (κ2) is 21.9. The average Bonchev–Trinajstić information content (AvgIpc) is 1.41. The number of pyridine rings is 2. The lowest BCUT2D eigenvalue weighted by Gasteiger charge is -2.29. The van der Waals surface area contributed by atoms with Gasteiger partial charge in [-0.25, -0.2) is 0 Å². The van der Waals surface area contributed by atoms with Crippen LogP contribution in [0.2, 0.25) is 0 Å². The van der Waals surface area contributed by atoms with Gasteiger partial charge in [0.05, 0.1) is 33.4 Å². The highest BCUT2D eigenvalue weighted by Gasteiger charge is 2.28. The molecule has 0 radical (unpaired) electrons. The van der Waals surface area contributed by atoms with Gasteiger partial charge in [0.1, 0.15) is 22.3 Å². The van der Waals surface area contributed by atoms with Crippen molar-refractivity contribution >= 4 is 165 Å². The van der Waals surface area contributed by atoms with Gasteiger partial charge < -0.3 is 27.8 Å². The molecule has 0 saturated heterocycles. The molecule has 6 heteroatoms. The Balaban J connectivity index is 0.800. The third kappa shape index (κ3) is 8.50. The van der Waals surface area contributed by atoms with Crippen LogP contribution in [0.15, 0.2) is 300 Å². The molecule has 0 spiro atoms. The predicted molar refractivity (Wildman–Crippen MR) is 423 cm³/mol. The molecule has 0 bridgehead atoms. The van der Waals surface area contributed by atoms with E-state index in [1.165, 1.54) is 70.9 Å². The van der Waals surface area contributed by atoms with E-state index in [1.54, 1.807) is 0 Å². The number of aryl methyl sites for hydroxylation is 6. The largest absolute Gasteiger partial charge is 0.456 e. The molecule has 4 heterocycles. The Bertz CT molecular complexity index is 6890. The van der Waals surface area contributed by atoms with Crippen molar-refractivity contribution < 1.29 is 8.83 Å². The molecular weight excluding hydrogens is 1220 g/mol. The van der Waals surface area contributed by atoms with Crippen LogP contribution in [0.5, 0.6) is 0 Å². The lowest BCUT2D eigenvalue weighted by atomic mass is 9.92. The van der Waals surface area contributed by atoms with Gasteiger partial charge in [-0.05, 0) is 179 Å². The number of furan rings is 2. The Hall–Kier alpha value is -12.6. The summed E-state index contributed by atoms with van der Waals surface area (Å²) in [5, 5.41) is 18.6. The minimum atomic E-state index is 0.823. The lowest BCUT2D eigenvalue weighted by Crippen LogP contribution is -2.12. The first-order chi connectivity index (χ1) is 49.1. The van der Waals surface area contributed by atoms with E-state index >= 15 is 0 Å². The zero-order chi connectivity index (χ0) is 66.8. The quantitative estimate of drug-likeness (QED) is 0.107. The highest BCUT2D eigenvalue weighted by molar-refractivity contribution is 6.37. The van der Waals surface area contributed by atoms with Gasteiger partial charge in [0.15, 0.2) is 0 Å². The number of benzene rings is 16. The first kappa shape index (κ1) is 57.6. The molecule has 6 nitrogen and oxygen atoms in total. The Morgan fingerprint density at radius 3 is 1.17 bits per heavy atom. The maximum atomic E-state index is 7.39. The van der Waals surface area contributed by atoms with Crippen molar-refractivity contribution in [3.8, 4) is 22.5 Å². The summed E-state index contributed by atoms with van der Waals surface area (Å²) in [7, 11) is 0. The minimum absolute atomic E-state index is 0.823. The van der Waals surface area contributed by atoms with Gasteiger partial charge >= 0.3 is 0 Å². The second-order valence-electron chi connectivity index (χ2n) is 27.5. The third-order valence-electron chi connectivity index (χ3n) is 21.4. The molecule has 0 aliphatic rings. The van der Waals surface area contributed by atoms with Crippen LogP contribution < -0.4 is 9.80 Å². The lowest BCUT2D eigenvalue weighted by molar-refractivity contribution is 0.669. The molecule has 20 aromatic rings. The molecule has 0 atom stereocenters. The zero-order valence-electron chi connectivity index (χ0n) is 56.3. The monoisotopic (exact) mass is 1280 g/mol. The van der Waals surface area contributed by atoms with Crippen molar-refractivity contribution in [3.63, 3.8) is 0 Å². The summed E-state index contributed by atoms with van der Waals surface area (Å²) in [6.07, 6.45) is 0. The van der Waals surface area contributed by atoms with Crippen molar-refractivity contribution in [3.05, 3.63) is 325 Å². The molecule has 100 heavy (non-hydrogen) atoms.